The summed E-state index contributed by atoms with van der Waals surface area (Å²) in [5.41, 5.74) is 5.64. The van der Waals surface area contributed by atoms with E-state index in [1.165, 1.54) is 23.5 Å². The first-order valence-corrected chi connectivity index (χ1v) is 16.9. The highest BCUT2D eigenvalue weighted by atomic mass is 32.1. The van der Waals surface area contributed by atoms with E-state index < -0.39 is 23.5 Å². The number of halogens is 6. The Hall–Kier alpha value is -4.66. The molecule has 0 N–H and O–H groups in total. The van der Waals surface area contributed by atoms with E-state index in [1.54, 1.807) is 37.3 Å². The third kappa shape index (κ3) is 4.35. The van der Waals surface area contributed by atoms with Crippen LogP contribution in [0.3, 0.4) is 0 Å². The molecule has 0 fully saturated rings. The number of aryl methyl sites for hydroxylation is 2. The smallest absolute Gasteiger partial charge is 0.166 e. The zero-order valence-electron chi connectivity index (χ0n) is 25.3. The first-order chi connectivity index (χ1) is 22.8. The summed E-state index contributed by atoms with van der Waals surface area (Å²) in [6.07, 6.45) is -9.01. The monoisotopic (exact) mass is 680 g/mol. The fourth-order valence-electron chi connectivity index (χ4n) is 7.38. The summed E-state index contributed by atoms with van der Waals surface area (Å²) in [7, 11) is 0. The lowest BCUT2D eigenvalue weighted by Gasteiger charge is -2.12. The van der Waals surface area contributed by atoms with E-state index in [9.17, 15) is 26.3 Å². The highest BCUT2D eigenvalue weighted by Crippen LogP contribution is 2.49. The van der Waals surface area contributed by atoms with Crippen LogP contribution in [0.25, 0.3) is 54.3 Å². The molecule has 0 atom stereocenters. The van der Waals surface area contributed by atoms with Crippen LogP contribution in [0.15, 0.2) is 96.4 Å². The van der Waals surface area contributed by atoms with Gasteiger partial charge in [-0.15, -0.1) is 22.7 Å². The number of hydrogen-bond acceptors (Lipinski definition) is 2. The van der Waals surface area contributed by atoms with Gasteiger partial charge >= 0.3 is 12.4 Å². The Balaban J connectivity index is 1.42. The summed E-state index contributed by atoms with van der Waals surface area (Å²) in [5, 5.41) is 6.68. The van der Waals surface area contributed by atoms with Crippen LogP contribution in [-0.4, -0.2) is 0 Å². The SMILES string of the molecule is Cc1cc(C2=c3cc4c(cc3-c3ccsc32)=C(c2cc(C)cc(C(F)(F)F)c2)c2sc3cc5ccccc5cc3c2-4)cc(C(F)(F)F)c1. The molecule has 2 aromatic heterocycles. The van der Waals surface area contributed by atoms with E-state index >= 15 is 0 Å². The molecule has 8 heteroatoms. The Morgan fingerprint density at radius 1 is 0.542 bits per heavy atom. The van der Waals surface area contributed by atoms with Crippen LogP contribution in [0.2, 0.25) is 0 Å². The van der Waals surface area contributed by atoms with Crippen molar-refractivity contribution in [1.82, 2.24) is 0 Å². The molecule has 0 saturated heterocycles. The summed E-state index contributed by atoms with van der Waals surface area (Å²) in [5.74, 6) is 0. The molecule has 48 heavy (non-hydrogen) atoms. The highest BCUT2D eigenvalue weighted by Gasteiger charge is 2.35. The lowest BCUT2D eigenvalue weighted by molar-refractivity contribution is -0.138. The maximum absolute atomic E-state index is 14.1. The van der Waals surface area contributed by atoms with Gasteiger partial charge in [-0.05, 0) is 128 Å². The molecule has 2 aliphatic rings. The van der Waals surface area contributed by atoms with Gasteiger partial charge < -0.3 is 0 Å². The molecule has 0 amide bonds. The van der Waals surface area contributed by atoms with E-state index in [2.05, 4.69) is 18.2 Å². The van der Waals surface area contributed by atoms with Crippen LogP contribution in [0, 0.1) is 13.8 Å². The average molecular weight is 681 g/mol. The van der Waals surface area contributed by atoms with E-state index in [-0.39, 0.29) is 0 Å². The fraction of sp³-hybridized carbons (Fsp3) is 0.100. The molecule has 9 rings (SSSR count). The van der Waals surface area contributed by atoms with Crippen molar-refractivity contribution in [2.24, 2.45) is 0 Å². The molecule has 5 aromatic carbocycles. The van der Waals surface area contributed by atoms with Crippen LogP contribution >= 0.6 is 22.7 Å². The Morgan fingerprint density at radius 3 is 1.73 bits per heavy atom. The maximum atomic E-state index is 14.1. The zero-order valence-corrected chi connectivity index (χ0v) is 27.0. The van der Waals surface area contributed by atoms with Crippen LogP contribution in [-0.2, 0) is 12.4 Å². The molecule has 0 aliphatic heterocycles. The van der Waals surface area contributed by atoms with Crippen LogP contribution in [0.5, 0.6) is 0 Å². The first kappa shape index (κ1) is 29.5. The summed E-state index contributed by atoms with van der Waals surface area (Å²) < 4.78 is 85.4. The van der Waals surface area contributed by atoms with Gasteiger partial charge in [0, 0.05) is 42.1 Å². The molecule has 236 valence electrons. The minimum Gasteiger partial charge on any atom is -0.166 e. The number of rotatable bonds is 2. The molecular weight excluding hydrogens is 659 g/mol. The molecule has 0 unspecified atom stereocenters. The predicted octanol–water partition coefficient (Wildman–Crippen LogP) is 11.2. The van der Waals surface area contributed by atoms with E-state index in [0.29, 0.717) is 22.3 Å². The van der Waals surface area contributed by atoms with Crippen LogP contribution < -0.4 is 10.4 Å². The van der Waals surface area contributed by atoms with Crippen LogP contribution in [0.1, 0.15) is 43.1 Å². The molecule has 0 spiro atoms. The van der Waals surface area contributed by atoms with E-state index in [0.717, 1.165) is 86.6 Å². The van der Waals surface area contributed by atoms with Crippen molar-refractivity contribution < 1.29 is 26.3 Å². The Bertz CT molecular complexity index is 2670. The summed E-state index contributed by atoms with van der Waals surface area (Å²) in [6.45, 7) is 3.34. The zero-order chi connectivity index (χ0) is 33.3. The summed E-state index contributed by atoms with van der Waals surface area (Å²) in [4.78, 5) is 1.77. The molecule has 7 aromatic rings. The number of fused-ring (bicyclic) bond motifs is 9. The third-order valence-corrected chi connectivity index (χ3v) is 11.4. The topological polar surface area (TPSA) is 0 Å². The van der Waals surface area contributed by atoms with Crippen molar-refractivity contribution in [2.75, 3.05) is 0 Å². The van der Waals surface area contributed by atoms with Crippen LogP contribution in [0.4, 0.5) is 26.3 Å². The molecule has 0 radical (unpaired) electrons. The van der Waals surface area contributed by atoms with Gasteiger partial charge in [0.15, 0.2) is 0 Å². The standard InChI is InChI=1S/C40H22F6S2/c1-19-9-23(13-25(11-19)39(41,42)43)34-29-18-31-30(17-28(29)27-7-8-47-37(27)34)35(24-10-20(2)12-26(14-24)40(44,45)46)38-36(31)32-15-21-5-3-4-6-22(21)16-33(32)48-38/h3-18H,1-2H3. The second kappa shape index (κ2) is 9.94. The average Bonchev–Trinajstić information content (AvgIpc) is 3.76. The minimum atomic E-state index is -4.51. The molecule has 0 saturated carbocycles. The minimum absolute atomic E-state index is 0.486. The number of alkyl halides is 6. The largest absolute Gasteiger partial charge is 0.416 e. The van der Waals surface area contributed by atoms with Crippen molar-refractivity contribution in [3.8, 4) is 22.3 Å². The maximum Gasteiger partial charge on any atom is 0.416 e. The van der Waals surface area contributed by atoms with Gasteiger partial charge in [0.1, 0.15) is 0 Å². The lowest BCUT2D eigenvalue weighted by Crippen LogP contribution is -2.16. The number of thiophene rings is 2. The molecular formula is C40H22F6S2. The fourth-order valence-corrected chi connectivity index (χ4v) is 9.70. The Morgan fingerprint density at radius 2 is 1.10 bits per heavy atom. The molecule has 2 aliphatic carbocycles. The Kier molecular flexibility index (Phi) is 6.10. The second-order valence-electron chi connectivity index (χ2n) is 12.5. The van der Waals surface area contributed by atoms with Gasteiger partial charge in [0.05, 0.1) is 11.1 Å². The normalized spacial score (nSPS) is 13.8. The van der Waals surface area contributed by atoms with Gasteiger partial charge in [-0.3, -0.25) is 0 Å². The Labute approximate surface area is 278 Å². The number of hydrogen-bond donors (Lipinski definition) is 0. The van der Waals surface area contributed by atoms with E-state index in [4.69, 9.17) is 0 Å². The quantitative estimate of drug-likeness (QED) is 0.159. The van der Waals surface area contributed by atoms with Crippen molar-refractivity contribution in [3.63, 3.8) is 0 Å². The van der Waals surface area contributed by atoms with E-state index in [1.807, 2.05) is 41.8 Å². The van der Waals surface area contributed by atoms with Crippen molar-refractivity contribution in [1.29, 1.82) is 0 Å². The first-order valence-electron chi connectivity index (χ1n) is 15.2. The predicted molar refractivity (Wildman–Crippen MR) is 183 cm³/mol. The molecule has 0 nitrogen and oxygen atoms in total. The highest BCUT2D eigenvalue weighted by molar-refractivity contribution is 7.21. The lowest BCUT2D eigenvalue weighted by atomic mass is 9.96. The number of benzene rings is 5. The van der Waals surface area contributed by atoms with Gasteiger partial charge in [0.2, 0.25) is 0 Å². The summed E-state index contributed by atoms with van der Waals surface area (Å²) in [6, 6.07) is 26.7. The van der Waals surface area contributed by atoms with Gasteiger partial charge in [-0.1, -0.05) is 36.4 Å². The molecule has 0 bridgehead atoms. The third-order valence-electron chi connectivity index (χ3n) is 9.32. The molecule has 2 heterocycles. The van der Waals surface area contributed by atoms with Crippen molar-refractivity contribution >= 4 is 54.7 Å². The van der Waals surface area contributed by atoms with Gasteiger partial charge in [-0.2, -0.15) is 26.3 Å². The summed E-state index contributed by atoms with van der Waals surface area (Å²) >= 11 is 3.04. The second-order valence-corrected chi connectivity index (χ2v) is 14.5. The van der Waals surface area contributed by atoms with Crippen molar-refractivity contribution in [2.45, 2.75) is 26.2 Å². The van der Waals surface area contributed by atoms with Crippen molar-refractivity contribution in [3.05, 3.63) is 150 Å². The van der Waals surface area contributed by atoms with Gasteiger partial charge in [0.25, 0.3) is 0 Å². The van der Waals surface area contributed by atoms with Gasteiger partial charge in [-0.25, -0.2) is 0 Å².